The average molecular weight is 187 g/mol. The molecular weight excluding hydrogens is 166 g/mol. The van der Waals surface area contributed by atoms with Gasteiger partial charge in [0.1, 0.15) is 0 Å². The molecule has 0 aromatic rings. The molecule has 0 aromatic heterocycles. The number of aliphatic hydroxyl groups excluding tert-OH is 1. The van der Waals surface area contributed by atoms with Gasteiger partial charge in [-0.25, -0.2) is 0 Å². The fourth-order valence-corrected chi connectivity index (χ4v) is 0.840. The second kappa shape index (κ2) is 6.71. The van der Waals surface area contributed by atoms with Gasteiger partial charge in [0, 0.05) is 18.6 Å². The molecule has 0 radical (unpaired) electrons. The normalized spacial score (nSPS) is 12.4. The number of hydrogen-bond donors (Lipinski definition) is 3. The lowest BCUT2D eigenvalue weighted by atomic mass is 10.4. The molecule has 4 heteroatoms. The highest BCUT2D eigenvalue weighted by molar-refractivity contribution is 5.80. The maximum Gasteiger partial charge on any atom is 0.191 e. The van der Waals surface area contributed by atoms with E-state index in [2.05, 4.69) is 29.5 Å². The molecule has 0 saturated heterocycles. The molecule has 0 aliphatic heterocycles. The number of aliphatic imine (C=N–C) groups is 1. The van der Waals surface area contributed by atoms with Crippen molar-refractivity contribution in [1.29, 1.82) is 0 Å². The minimum Gasteiger partial charge on any atom is -0.395 e. The zero-order valence-corrected chi connectivity index (χ0v) is 8.96. The Morgan fingerprint density at radius 2 is 1.92 bits per heavy atom. The molecule has 0 aliphatic carbocycles. The van der Waals surface area contributed by atoms with Crippen molar-refractivity contribution in [2.24, 2.45) is 4.99 Å². The Morgan fingerprint density at radius 3 is 2.31 bits per heavy atom. The molecule has 0 amide bonds. The SMILES string of the molecule is CC(C)/N=C(/NCCO)NC(C)C. The smallest absolute Gasteiger partial charge is 0.191 e. The van der Waals surface area contributed by atoms with Crippen molar-refractivity contribution in [3.63, 3.8) is 0 Å². The maximum atomic E-state index is 8.64. The van der Waals surface area contributed by atoms with E-state index in [0.717, 1.165) is 5.96 Å². The van der Waals surface area contributed by atoms with Crippen LogP contribution in [0.1, 0.15) is 27.7 Å². The summed E-state index contributed by atoms with van der Waals surface area (Å²) in [4.78, 5) is 4.34. The highest BCUT2D eigenvalue weighted by atomic mass is 16.3. The van der Waals surface area contributed by atoms with E-state index in [9.17, 15) is 0 Å². The first kappa shape index (κ1) is 12.2. The molecule has 0 atom stereocenters. The van der Waals surface area contributed by atoms with Gasteiger partial charge in [0.15, 0.2) is 5.96 Å². The predicted octanol–water partition coefficient (Wildman–Crippen LogP) is 0.331. The van der Waals surface area contributed by atoms with E-state index >= 15 is 0 Å². The van der Waals surface area contributed by atoms with Crippen molar-refractivity contribution in [1.82, 2.24) is 10.6 Å². The van der Waals surface area contributed by atoms with Gasteiger partial charge < -0.3 is 15.7 Å². The monoisotopic (exact) mass is 187 g/mol. The van der Waals surface area contributed by atoms with Crippen molar-refractivity contribution in [2.75, 3.05) is 13.2 Å². The molecule has 0 rings (SSSR count). The Balaban J connectivity index is 4.02. The number of rotatable bonds is 4. The minimum atomic E-state index is 0.122. The van der Waals surface area contributed by atoms with Gasteiger partial charge in [-0.1, -0.05) is 0 Å². The van der Waals surface area contributed by atoms with E-state index in [0.29, 0.717) is 12.6 Å². The van der Waals surface area contributed by atoms with Crippen molar-refractivity contribution in [3.8, 4) is 0 Å². The molecule has 0 heterocycles. The van der Waals surface area contributed by atoms with Crippen LogP contribution >= 0.6 is 0 Å². The first-order valence-corrected chi connectivity index (χ1v) is 4.75. The van der Waals surface area contributed by atoms with Crippen LogP contribution in [0.4, 0.5) is 0 Å². The van der Waals surface area contributed by atoms with Crippen LogP contribution in [0.3, 0.4) is 0 Å². The molecular formula is C9H21N3O. The van der Waals surface area contributed by atoms with E-state index < -0.39 is 0 Å². The van der Waals surface area contributed by atoms with E-state index in [4.69, 9.17) is 5.11 Å². The van der Waals surface area contributed by atoms with Crippen LogP contribution in [0.5, 0.6) is 0 Å². The third kappa shape index (κ3) is 7.59. The molecule has 4 nitrogen and oxygen atoms in total. The van der Waals surface area contributed by atoms with Gasteiger partial charge in [-0.15, -0.1) is 0 Å². The van der Waals surface area contributed by atoms with Crippen molar-refractivity contribution >= 4 is 5.96 Å². The highest BCUT2D eigenvalue weighted by Gasteiger charge is 2.00. The van der Waals surface area contributed by atoms with Gasteiger partial charge in [0.2, 0.25) is 0 Å². The summed E-state index contributed by atoms with van der Waals surface area (Å²) in [7, 11) is 0. The molecule has 0 saturated carbocycles. The molecule has 0 aromatic carbocycles. The number of guanidine groups is 1. The van der Waals surface area contributed by atoms with Crippen LogP contribution in [0.15, 0.2) is 4.99 Å². The Hall–Kier alpha value is -0.770. The second-order valence-corrected chi connectivity index (χ2v) is 3.52. The number of nitrogens with one attached hydrogen (secondary N) is 2. The molecule has 78 valence electrons. The lowest BCUT2D eigenvalue weighted by Crippen LogP contribution is -2.42. The summed E-state index contributed by atoms with van der Waals surface area (Å²) in [6.45, 7) is 8.79. The van der Waals surface area contributed by atoms with Gasteiger partial charge in [-0.2, -0.15) is 0 Å². The fourth-order valence-electron chi connectivity index (χ4n) is 0.840. The summed E-state index contributed by atoms with van der Waals surface area (Å²) in [6, 6.07) is 0.608. The predicted molar refractivity (Wildman–Crippen MR) is 55.9 cm³/mol. The van der Waals surface area contributed by atoms with Gasteiger partial charge in [-0.3, -0.25) is 4.99 Å². The molecule has 0 spiro atoms. The van der Waals surface area contributed by atoms with Crippen LogP contribution < -0.4 is 10.6 Å². The van der Waals surface area contributed by atoms with Gasteiger partial charge in [-0.05, 0) is 27.7 Å². The average Bonchev–Trinajstić information content (AvgIpc) is 1.98. The molecule has 13 heavy (non-hydrogen) atoms. The number of nitrogens with zero attached hydrogens (tertiary/aromatic N) is 1. The Bertz CT molecular complexity index is 155. The van der Waals surface area contributed by atoms with Crippen LogP contribution in [0.2, 0.25) is 0 Å². The standard InChI is InChI=1S/C9H21N3O/c1-7(2)11-9(10-5-6-13)12-8(3)4/h7-8,13H,5-6H2,1-4H3,(H2,10,11,12). The fraction of sp³-hybridized carbons (Fsp3) is 0.889. The third-order valence-electron chi connectivity index (χ3n) is 1.22. The molecule has 0 unspecified atom stereocenters. The van der Waals surface area contributed by atoms with E-state index in [1.165, 1.54) is 0 Å². The third-order valence-corrected chi connectivity index (χ3v) is 1.22. The second-order valence-electron chi connectivity index (χ2n) is 3.52. The van der Waals surface area contributed by atoms with Crippen molar-refractivity contribution in [2.45, 2.75) is 39.8 Å². The Morgan fingerprint density at radius 1 is 1.31 bits per heavy atom. The van der Waals surface area contributed by atoms with Crippen molar-refractivity contribution in [3.05, 3.63) is 0 Å². The van der Waals surface area contributed by atoms with Gasteiger partial charge >= 0.3 is 0 Å². The molecule has 0 bridgehead atoms. The number of hydrogen-bond acceptors (Lipinski definition) is 2. The van der Waals surface area contributed by atoms with E-state index in [1.807, 2.05) is 13.8 Å². The summed E-state index contributed by atoms with van der Waals surface area (Å²) >= 11 is 0. The van der Waals surface area contributed by atoms with Crippen LogP contribution in [0.25, 0.3) is 0 Å². The zero-order chi connectivity index (χ0) is 10.3. The summed E-state index contributed by atoms with van der Waals surface area (Å²) in [6.07, 6.45) is 0. The van der Waals surface area contributed by atoms with Crippen molar-refractivity contribution < 1.29 is 5.11 Å². The van der Waals surface area contributed by atoms with Crippen LogP contribution in [-0.2, 0) is 0 Å². The van der Waals surface area contributed by atoms with Crippen LogP contribution in [-0.4, -0.2) is 36.3 Å². The lowest BCUT2D eigenvalue weighted by Gasteiger charge is -2.15. The maximum absolute atomic E-state index is 8.64. The highest BCUT2D eigenvalue weighted by Crippen LogP contribution is 1.86. The van der Waals surface area contributed by atoms with E-state index in [-0.39, 0.29) is 12.6 Å². The molecule has 3 N–H and O–H groups in total. The van der Waals surface area contributed by atoms with Crippen LogP contribution in [0, 0.1) is 0 Å². The lowest BCUT2D eigenvalue weighted by molar-refractivity contribution is 0.299. The Labute approximate surface area is 80.4 Å². The molecule has 0 aliphatic rings. The minimum absolute atomic E-state index is 0.122. The Kier molecular flexibility index (Phi) is 6.32. The van der Waals surface area contributed by atoms with Gasteiger partial charge in [0.05, 0.1) is 6.61 Å². The largest absolute Gasteiger partial charge is 0.395 e. The zero-order valence-electron chi connectivity index (χ0n) is 8.96. The van der Waals surface area contributed by atoms with Gasteiger partial charge in [0.25, 0.3) is 0 Å². The summed E-state index contributed by atoms with van der Waals surface area (Å²) in [5, 5.41) is 14.8. The summed E-state index contributed by atoms with van der Waals surface area (Å²) < 4.78 is 0. The molecule has 0 fully saturated rings. The van der Waals surface area contributed by atoms with E-state index in [1.54, 1.807) is 0 Å². The first-order chi connectivity index (χ1) is 6.06. The topological polar surface area (TPSA) is 56.7 Å². The summed E-state index contributed by atoms with van der Waals surface area (Å²) in [5.41, 5.74) is 0. The first-order valence-electron chi connectivity index (χ1n) is 4.75. The quantitative estimate of drug-likeness (QED) is 0.439. The number of aliphatic hydroxyl groups is 1. The summed E-state index contributed by atoms with van der Waals surface area (Å²) in [5.74, 6) is 0.763.